The Morgan fingerprint density at radius 1 is 1.30 bits per heavy atom. The molecule has 2 amide bonds. The quantitative estimate of drug-likeness (QED) is 0.773. The maximum Gasteiger partial charge on any atom is 0.254 e. The number of hydrogen-bond acceptors (Lipinski definition) is 3. The Kier molecular flexibility index (Phi) is 3.44. The normalized spacial score (nSPS) is 22.1. The number of carbonyl (C=O) groups excluding carboxylic acids is 2. The van der Waals surface area contributed by atoms with E-state index < -0.39 is 6.04 Å². The molecule has 1 atom stereocenters. The zero-order valence-corrected chi connectivity index (χ0v) is 11.6. The number of hydrogen-bond donors (Lipinski definition) is 2. The van der Waals surface area contributed by atoms with Crippen LogP contribution in [-0.2, 0) is 17.8 Å². The van der Waals surface area contributed by atoms with E-state index in [1.807, 2.05) is 18.2 Å². The summed E-state index contributed by atoms with van der Waals surface area (Å²) in [6.07, 6.45) is 1.01. The standard InChI is InChI=1S/C15H19N3O2/c1-10-14(19)17-6-7-18(10)15(20)12-3-2-11-4-5-16-9-13(11)8-12/h2-3,8,10,16H,4-7,9H2,1H3,(H,17,19). The van der Waals surface area contributed by atoms with Crippen molar-refractivity contribution in [2.45, 2.75) is 25.9 Å². The van der Waals surface area contributed by atoms with Crippen LogP contribution in [0.2, 0.25) is 0 Å². The molecule has 0 saturated carbocycles. The van der Waals surface area contributed by atoms with E-state index in [4.69, 9.17) is 0 Å². The first-order valence-corrected chi connectivity index (χ1v) is 7.08. The minimum absolute atomic E-state index is 0.0549. The van der Waals surface area contributed by atoms with Crippen LogP contribution < -0.4 is 10.6 Å². The van der Waals surface area contributed by atoms with Gasteiger partial charge in [0.15, 0.2) is 0 Å². The van der Waals surface area contributed by atoms with E-state index in [0.29, 0.717) is 18.7 Å². The van der Waals surface area contributed by atoms with Crippen LogP contribution in [0.1, 0.15) is 28.4 Å². The maximum absolute atomic E-state index is 12.6. The highest BCUT2D eigenvalue weighted by Crippen LogP contribution is 2.18. The number of rotatable bonds is 1. The summed E-state index contributed by atoms with van der Waals surface area (Å²) in [6.45, 7) is 4.67. The lowest BCUT2D eigenvalue weighted by Gasteiger charge is -2.33. The monoisotopic (exact) mass is 273 g/mol. The third-order valence-electron chi connectivity index (χ3n) is 4.10. The molecule has 1 unspecified atom stereocenters. The van der Waals surface area contributed by atoms with Gasteiger partial charge < -0.3 is 15.5 Å². The Labute approximate surface area is 118 Å². The summed E-state index contributed by atoms with van der Waals surface area (Å²) < 4.78 is 0. The second-order valence-electron chi connectivity index (χ2n) is 5.38. The van der Waals surface area contributed by atoms with E-state index in [1.165, 1.54) is 11.1 Å². The van der Waals surface area contributed by atoms with E-state index in [2.05, 4.69) is 10.6 Å². The van der Waals surface area contributed by atoms with Gasteiger partial charge in [-0.1, -0.05) is 6.07 Å². The summed E-state index contributed by atoms with van der Waals surface area (Å²) in [7, 11) is 0. The average Bonchev–Trinajstić information content (AvgIpc) is 2.49. The number of nitrogens with one attached hydrogen (secondary N) is 2. The van der Waals surface area contributed by atoms with Crippen LogP contribution in [0.4, 0.5) is 0 Å². The van der Waals surface area contributed by atoms with Crippen LogP contribution in [0, 0.1) is 0 Å². The van der Waals surface area contributed by atoms with Gasteiger partial charge in [0.25, 0.3) is 5.91 Å². The molecule has 20 heavy (non-hydrogen) atoms. The van der Waals surface area contributed by atoms with Crippen molar-refractivity contribution >= 4 is 11.8 Å². The molecule has 5 nitrogen and oxygen atoms in total. The predicted octanol–water partition coefficient (Wildman–Crippen LogP) is 0.293. The van der Waals surface area contributed by atoms with Gasteiger partial charge in [-0.25, -0.2) is 0 Å². The van der Waals surface area contributed by atoms with Crippen LogP contribution in [-0.4, -0.2) is 42.4 Å². The first-order chi connectivity index (χ1) is 9.66. The van der Waals surface area contributed by atoms with E-state index in [-0.39, 0.29) is 11.8 Å². The van der Waals surface area contributed by atoms with Crippen molar-refractivity contribution in [2.75, 3.05) is 19.6 Å². The molecule has 0 radical (unpaired) electrons. The Balaban J connectivity index is 1.85. The zero-order chi connectivity index (χ0) is 14.1. The van der Waals surface area contributed by atoms with Gasteiger partial charge in [-0.15, -0.1) is 0 Å². The highest BCUT2D eigenvalue weighted by Gasteiger charge is 2.30. The van der Waals surface area contributed by atoms with Crippen molar-refractivity contribution < 1.29 is 9.59 Å². The van der Waals surface area contributed by atoms with Gasteiger partial charge in [0, 0.05) is 25.2 Å². The van der Waals surface area contributed by atoms with E-state index >= 15 is 0 Å². The van der Waals surface area contributed by atoms with E-state index in [1.54, 1.807) is 11.8 Å². The van der Waals surface area contributed by atoms with Crippen molar-refractivity contribution in [3.05, 3.63) is 34.9 Å². The van der Waals surface area contributed by atoms with Crippen molar-refractivity contribution in [3.63, 3.8) is 0 Å². The van der Waals surface area contributed by atoms with E-state index in [0.717, 1.165) is 19.5 Å². The highest BCUT2D eigenvalue weighted by molar-refractivity contribution is 5.98. The first-order valence-electron chi connectivity index (χ1n) is 7.08. The van der Waals surface area contributed by atoms with Crippen LogP contribution in [0.15, 0.2) is 18.2 Å². The number of benzene rings is 1. The molecule has 2 heterocycles. The van der Waals surface area contributed by atoms with Gasteiger partial charge in [0.05, 0.1) is 0 Å². The van der Waals surface area contributed by atoms with Gasteiger partial charge in [0.2, 0.25) is 5.91 Å². The van der Waals surface area contributed by atoms with Crippen LogP contribution >= 0.6 is 0 Å². The second kappa shape index (κ2) is 5.25. The molecule has 1 aromatic carbocycles. The molecule has 2 aliphatic rings. The Bertz CT molecular complexity index is 556. The lowest BCUT2D eigenvalue weighted by Crippen LogP contribution is -2.55. The minimum atomic E-state index is -0.398. The molecule has 1 fully saturated rings. The topological polar surface area (TPSA) is 61.4 Å². The fraction of sp³-hybridized carbons (Fsp3) is 0.467. The largest absolute Gasteiger partial charge is 0.353 e. The average molecular weight is 273 g/mol. The fourth-order valence-electron chi connectivity index (χ4n) is 2.84. The maximum atomic E-state index is 12.6. The molecular formula is C15H19N3O2. The van der Waals surface area contributed by atoms with Crippen molar-refractivity contribution in [3.8, 4) is 0 Å². The Morgan fingerprint density at radius 2 is 2.15 bits per heavy atom. The third-order valence-corrected chi connectivity index (χ3v) is 4.10. The molecule has 1 aromatic rings. The summed E-state index contributed by atoms with van der Waals surface area (Å²) in [5.74, 6) is -0.134. The SMILES string of the molecule is CC1C(=O)NCCN1C(=O)c1ccc2c(c1)CNCC2. The molecular weight excluding hydrogens is 254 g/mol. The Morgan fingerprint density at radius 3 is 3.00 bits per heavy atom. The lowest BCUT2D eigenvalue weighted by molar-refractivity contribution is -0.127. The van der Waals surface area contributed by atoms with Gasteiger partial charge in [-0.05, 0) is 43.1 Å². The summed E-state index contributed by atoms with van der Waals surface area (Å²) in [5.41, 5.74) is 3.18. The molecule has 106 valence electrons. The second-order valence-corrected chi connectivity index (χ2v) is 5.38. The first kappa shape index (κ1) is 13.1. The number of fused-ring (bicyclic) bond motifs is 1. The molecule has 0 bridgehead atoms. The molecule has 3 rings (SSSR count). The van der Waals surface area contributed by atoms with Crippen LogP contribution in [0.3, 0.4) is 0 Å². The molecule has 2 aliphatic heterocycles. The van der Waals surface area contributed by atoms with Gasteiger partial charge in [-0.2, -0.15) is 0 Å². The van der Waals surface area contributed by atoms with Crippen molar-refractivity contribution in [1.29, 1.82) is 0 Å². The highest BCUT2D eigenvalue weighted by atomic mass is 16.2. The summed E-state index contributed by atoms with van der Waals surface area (Å²) in [4.78, 5) is 25.9. The summed E-state index contributed by atoms with van der Waals surface area (Å²) in [6, 6.07) is 5.48. The molecule has 5 heteroatoms. The number of nitrogens with zero attached hydrogens (tertiary/aromatic N) is 1. The predicted molar refractivity (Wildman–Crippen MR) is 75.4 cm³/mol. The summed E-state index contributed by atoms with van der Waals surface area (Å²) >= 11 is 0. The summed E-state index contributed by atoms with van der Waals surface area (Å²) in [5, 5.41) is 6.09. The molecule has 0 aromatic heterocycles. The zero-order valence-electron chi connectivity index (χ0n) is 11.6. The molecule has 2 N–H and O–H groups in total. The fourth-order valence-corrected chi connectivity index (χ4v) is 2.84. The number of piperazine rings is 1. The van der Waals surface area contributed by atoms with Gasteiger partial charge in [0.1, 0.15) is 6.04 Å². The van der Waals surface area contributed by atoms with Crippen LogP contribution in [0.25, 0.3) is 0 Å². The Hall–Kier alpha value is -1.88. The third kappa shape index (κ3) is 2.29. The molecule has 0 aliphatic carbocycles. The molecule has 1 saturated heterocycles. The van der Waals surface area contributed by atoms with E-state index in [9.17, 15) is 9.59 Å². The smallest absolute Gasteiger partial charge is 0.254 e. The van der Waals surface area contributed by atoms with Crippen LogP contribution in [0.5, 0.6) is 0 Å². The van der Waals surface area contributed by atoms with Crippen molar-refractivity contribution in [1.82, 2.24) is 15.5 Å². The minimum Gasteiger partial charge on any atom is -0.353 e. The lowest BCUT2D eigenvalue weighted by atomic mass is 9.98. The van der Waals surface area contributed by atoms with Gasteiger partial charge in [-0.3, -0.25) is 9.59 Å². The number of carbonyl (C=O) groups is 2. The van der Waals surface area contributed by atoms with Crippen molar-refractivity contribution in [2.24, 2.45) is 0 Å². The molecule has 0 spiro atoms. The number of amides is 2. The van der Waals surface area contributed by atoms with Gasteiger partial charge >= 0.3 is 0 Å².